The van der Waals surface area contributed by atoms with Crippen molar-refractivity contribution in [2.75, 3.05) is 38.2 Å². The SMILES string of the molecule is COc1ccccc1OC(C)C(=O)N1CCN(c2cc(C(C)C)n3cnnc3n2)CC1. The van der Waals surface area contributed by atoms with E-state index >= 15 is 0 Å². The molecule has 4 rings (SSSR count). The van der Waals surface area contributed by atoms with Crippen LogP contribution in [0.25, 0.3) is 5.78 Å². The lowest BCUT2D eigenvalue weighted by atomic mass is 10.1. The predicted molar refractivity (Wildman–Crippen MR) is 117 cm³/mol. The Balaban J connectivity index is 1.41. The molecule has 3 heterocycles. The summed E-state index contributed by atoms with van der Waals surface area (Å²) in [6.07, 6.45) is 1.10. The lowest BCUT2D eigenvalue weighted by Gasteiger charge is -2.36. The zero-order valence-corrected chi connectivity index (χ0v) is 18.4. The highest BCUT2D eigenvalue weighted by Crippen LogP contribution is 2.27. The third-order valence-electron chi connectivity index (χ3n) is 5.53. The highest BCUT2D eigenvalue weighted by atomic mass is 16.5. The third-order valence-corrected chi connectivity index (χ3v) is 5.53. The van der Waals surface area contributed by atoms with Crippen LogP contribution in [-0.4, -0.2) is 69.8 Å². The normalized spacial score (nSPS) is 15.4. The van der Waals surface area contributed by atoms with Gasteiger partial charge in [0.1, 0.15) is 12.1 Å². The van der Waals surface area contributed by atoms with Gasteiger partial charge in [0.2, 0.25) is 0 Å². The monoisotopic (exact) mass is 424 g/mol. The number of fused-ring (bicyclic) bond motifs is 1. The number of carbonyl (C=O) groups is 1. The zero-order chi connectivity index (χ0) is 22.0. The molecule has 1 aliphatic heterocycles. The van der Waals surface area contributed by atoms with Gasteiger partial charge in [-0.3, -0.25) is 9.20 Å². The summed E-state index contributed by atoms with van der Waals surface area (Å²) < 4.78 is 13.1. The molecule has 9 nitrogen and oxygen atoms in total. The van der Waals surface area contributed by atoms with Gasteiger partial charge in [0, 0.05) is 37.9 Å². The molecule has 0 N–H and O–H groups in total. The van der Waals surface area contributed by atoms with Crippen molar-refractivity contribution in [2.45, 2.75) is 32.8 Å². The Morgan fingerprint density at radius 1 is 1.06 bits per heavy atom. The molecule has 1 aromatic carbocycles. The van der Waals surface area contributed by atoms with Gasteiger partial charge < -0.3 is 19.3 Å². The molecule has 0 spiro atoms. The van der Waals surface area contributed by atoms with Gasteiger partial charge in [-0.25, -0.2) is 0 Å². The number of aromatic nitrogens is 4. The van der Waals surface area contributed by atoms with Crippen molar-refractivity contribution in [1.82, 2.24) is 24.5 Å². The number of para-hydroxylation sites is 2. The second-order valence-corrected chi connectivity index (χ2v) is 7.92. The quantitative estimate of drug-likeness (QED) is 0.601. The number of nitrogens with zero attached hydrogens (tertiary/aromatic N) is 6. The minimum atomic E-state index is -0.596. The fraction of sp³-hybridized carbons (Fsp3) is 0.455. The van der Waals surface area contributed by atoms with E-state index < -0.39 is 6.10 Å². The molecule has 164 valence electrons. The average molecular weight is 425 g/mol. The Bertz CT molecular complexity index is 1060. The number of ether oxygens (including phenoxy) is 2. The molecule has 1 saturated heterocycles. The molecule has 1 unspecified atom stereocenters. The lowest BCUT2D eigenvalue weighted by Crippen LogP contribution is -2.52. The van der Waals surface area contributed by atoms with Crippen LogP contribution in [0.1, 0.15) is 32.4 Å². The van der Waals surface area contributed by atoms with Crippen molar-refractivity contribution in [1.29, 1.82) is 0 Å². The van der Waals surface area contributed by atoms with E-state index in [4.69, 9.17) is 9.47 Å². The molecule has 31 heavy (non-hydrogen) atoms. The summed E-state index contributed by atoms with van der Waals surface area (Å²) in [6.45, 7) is 8.65. The van der Waals surface area contributed by atoms with Crippen LogP contribution in [0.15, 0.2) is 36.7 Å². The maximum absolute atomic E-state index is 12.9. The minimum absolute atomic E-state index is 0.0331. The van der Waals surface area contributed by atoms with Gasteiger partial charge in [-0.2, -0.15) is 4.98 Å². The molecule has 0 saturated carbocycles. The van der Waals surface area contributed by atoms with E-state index in [1.165, 1.54) is 0 Å². The minimum Gasteiger partial charge on any atom is -0.493 e. The molecule has 2 aromatic heterocycles. The number of piperazine rings is 1. The first-order valence-electron chi connectivity index (χ1n) is 10.5. The Hall–Kier alpha value is -3.36. The van der Waals surface area contributed by atoms with E-state index in [0.29, 0.717) is 49.4 Å². The standard InChI is InChI=1S/C22H28N6O3/c1-15(2)17-13-20(24-22-25-23-14-28(17)22)26-9-11-27(12-10-26)21(29)16(3)31-19-8-6-5-7-18(19)30-4/h5-8,13-16H,9-12H2,1-4H3. The second-order valence-electron chi connectivity index (χ2n) is 7.92. The first-order chi connectivity index (χ1) is 15.0. The number of carbonyl (C=O) groups excluding carboxylic acids is 1. The van der Waals surface area contributed by atoms with Crippen LogP contribution in [-0.2, 0) is 4.79 Å². The van der Waals surface area contributed by atoms with Gasteiger partial charge in [0.05, 0.1) is 7.11 Å². The number of rotatable bonds is 6. The van der Waals surface area contributed by atoms with Crippen LogP contribution >= 0.6 is 0 Å². The fourth-order valence-electron chi connectivity index (χ4n) is 3.80. The Morgan fingerprint density at radius 2 is 1.77 bits per heavy atom. The fourth-order valence-corrected chi connectivity index (χ4v) is 3.80. The summed E-state index contributed by atoms with van der Waals surface area (Å²) in [5, 5.41) is 8.11. The molecule has 0 bridgehead atoms. The largest absolute Gasteiger partial charge is 0.493 e. The number of anilines is 1. The number of methoxy groups -OCH3 is 1. The van der Waals surface area contributed by atoms with E-state index in [0.717, 1.165) is 11.5 Å². The Kier molecular flexibility index (Phi) is 5.92. The van der Waals surface area contributed by atoms with E-state index in [-0.39, 0.29) is 5.91 Å². The Morgan fingerprint density at radius 3 is 2.45 bits per heavy atom. The molecule has 3 aromatic rings. The number of hydrogen-bond acceptors (Lipinski definition) is 7. The van der Waals surface area contributed by atoms with Crippen molar-refractivity contribution in [3.63, 3.8) is 0 Å². The predicted octanol–water partition coefficient (Wildman–Crippen LogP) is 2.37. The molecule has 1 aliphatic rings. The van der Waals surface area contributed by atoms with Crippen LogP contribution in [0.4, 0.5) is 5.82 Å². The highest BCUT2D eigenvalue weighted by molar-refractivity contribution is 5.81. The van der Waals surface area contributed by atoms with Crippen molar-refractivity contribution >= 4 is 17.5 Å². The first kappa shape index (κ1) is 20.9. The van der Waals surface area contributed by atoms with Crippen LogP contribution in [0.3, 0.4) is 0 Å². The van der Waals surface area contributed by atoms with Gasteiger partial charge in [0.15, 0.2) is 17.6 Å². The molecule has 0 radical (unpaired) electrons. The van der Waals surface area contributed by atoms with Crippen LogP contribution in [0.2, 0.25) is 0 Å². The first-order valence-corrected chi connectivity index (χ1v) is 10.5. The van der Waals surface area contributed by atoms with Gasteiger partial charge in [-0.1, -0.05) is 26.0 Å². The highest BCUT2D eigenvalue weighted by Gasteiger charge is 2.27. The third kappa shape index (κ3) is 4.26. The van der Waals surface area contributed by atoms with Crippen molar-refractivity contribution in [3.8, 4) is 11.5 Å². The van der Waals surface area contributed by atoms with Crippen molar-refractivity contribution in [3.05, 3.63) is 42.4 Å². The number of benzene rings is 1. The van der Waals surface area contributed by atoms with Gasteiger partial charge >= 0.3 is 0 Å². The summed E-state index contributed by atoms with van der Waals surface area (Å²) in [6, 6.07) is 9.44. The number of hydrogen-bond donors (Lipinski definition) is 0. The van der Waals surface area contributed by atoms with Crippen molar-refractivity contribution in [2.24, 2.45) is 0 Å². The smallest absolute Gasteiger partial charge is 0.263 e. The summed E-state index contributed by atoms with van der Waals surface area (Å²) in [5.41, 5.74) is 1.11. The maximum atomic E-state index is 12.9. The molecule has 1 amide bonds. The molecular formula is C22H28N6O3. The van der Waals surface area contributed by atoms with Crippen LogP contribution in [0.5, 0.6) is 11.5 Å². The Labute approximate surface area is 181 Å². The summed E-state index contributed by atoms with van der Waals surface area (Å²) in [4.78, 5) is 21.6. The average Bonchev–Trinajstić information content (AvgIpc) is 3.27. The lowest BCUT2D eigenvalue weighted by molar-refractivity contribution is -0.138. The van der Waals surface area contributed by atoms with E-state index in [9.17, 15) is 4.79 Å². The molecule has 1 fully saturated rings. The van der Waals surface area contributed by atoms with Crippen molar-refractivity contribution < 1.29 is 14.3 Å². The van der Waals surface area contributed by atoms with Gasteiger partial charge in [-0.15, -0.1) is 10.2 Å². The summed E-state index contributed by atoms with van der Waals surface area (Å²) in [7, 11) is 1.59. The topological polar surface area (TPSA) is 85.1 Å². The maximum Gasteiger partial charge on any atom is 0.263 e. The van der Waals surface area contributed by atoms with Crippen LogP contribution < -0.4 is 14.4 Å². The van der Waals surface area contributed by atoms with Gasteiger partial charge in [0.25, 0.3) is 11.7 Å². The van der Waals surface area contributed by atoms with Crippen LogP contribution in [0, 0.1) is 0 Å². The number of amides is 1. The van der Waals surface area contributed by atoms with E-state index in [1.54, 1.807) is 26.4 Å². The molecule has 0 aliphatic carbocycles. The summed E-state index contributed by atoms with van der Waals surface area (Å²) in [5.74, 6) is 2.93. The summed E-state index contributed by atoms with van der Waals surface area (Å²) >= 11 is 0. The van der Waals surface area contributed by atoms with Gasteiger partial charge in [-0.05, 0) is 25.0 Å². The van der Waals surface area contributed by atoms with E-state index in [1.807, 2.05) is 27.5 Å². The molecule has 1 atom stereocenters. The molecular weight excluding hydrogens is 396 g/mol. The molecule has 9 heteroatoms. The second kappa shape index (κ2) is 8.79. The zero-order valence-electron chi connectivity index (χ0n) is 18.4. The van der Waals surface area contributed by atoms with E-state index in [2.05, 4.69) is 40.0 Å².